The SMILES string of the molecule is CC1CC(OCc2ccc(F)c(F)c2)C1. The molecule has 2 rings (SSSR count). The van der Waals surface area contributed by atoms with Gasteiger partial charge in [0.25, 0.3) is 0 Å². The van der Waals surface area contributed by atoms with Crippen LogP contribution in [0.2, 0.25) is 0 Å². The quantitative estimate of drug-likeness (QED) is 0.747. The second kappa shape index (κ2) is 4.27. The van der Waals surface area contributed by atoms with Gasteiger partial charge in [-0.3, -0.25) is 0 Å². The maximum atomic E-state index is 12.8. The van der Waals surface area contributed by atoms with Crippen LogP contribution in [0.3, 0.4) is 0 Å². The molecule has 0 spiro atoms. The van der Waals surface area contributed by atoms with Gasteiger partial charge in [-0.15, -0.1) is 0 Å². The Morgan fingerprint density at radius 1 is 1.27 bits per heavy atom. The van der Waals surface area contributed by atoms with E-state index >= 15 is 0 Å². The van der Waals surface area contributed by atoms with Gasteiger partial charge in [-0.1, -0.05) is 13.0 Å². The first kappa shape index (κ1) is 10.6. The molecule has 1 aromatic carbocycles. The molecule has 1 saturated carbocycles. The third-order valence-electron chi connectivity index (χ3n) is 2.80. The molecule has 0 N–H and O–H groups in total. The largest absolute Gasteiger partial charge is 0.374 e. The average Bonchev–Trinajstić information content (AvgIpc) is 2.16. The Balaban J connectivity index is 1.86. The fourth-order valence-corrected chi connectivity index (χ4v) is 1.81. The topological polar surface area (TPSA) is 9.23 Å². The molecular formula is C12H14F2O. The van der Waals surface area contributed by atoms with Crippen LogP contribution in [0.1, 0.15) is 25.3 Å². The summed E-state index contributed by atoms with van der Waals surface area (Å²) in [4.78, 5) is 0. The molecule has 3 heteroatoms. The number of rotatable bonds is 3. The summed E-state index contributed by atoms with van der Waals surface area (Å²) >= 11 is 0. The number of hydrogen-bond donors (Lipinski definition) is 0. The number of halogens is 2. The van der Waals surface area contributed by atoms with Gasteiger partial charge in [-0.2, -0.15) is 0 Å². The highest BCUT2D eigenvalue weighted by Crippen LogP contribution is 2.29. The van der Waals surface area contributed by atoms with Crippen LogP contribution in [0.25, 0.3) is 0 Å². The molecule has 1 aliphatic rings. The fraction of sp³-hybridized carbons (Fsp3) is 0.500. The van der Waals surface area contributed by atoms with Crippen LogP contribution in [-0.4, -0.2) is 6.10 Å². The van der Waals surface area contributed by atoms with Gasteiger partial charge >= 0.3 is 0 Å². The molecule has 0 radical (unpaired) electrons. The van der Waals surface area contributed by atoms with E-state index < -0.39 is 11.6 Å². The smallest absolute Gasteiger partial charge is 0.159 e. The van der Waals surface area contributed by atoms with Crippen molar-refractivity contribution in [1.82, 2.24) is 0 Å². The fourth-order valence-electron chi connectivity index (χ4n) is 1.81. The van der Waals surface area contributed by atoms with Crippen LogP contribution in [-0.2, 0) is 11.3 Å². The molecule has 1 aromatic rings. The molecule has 15 heavy (non-hydrogen) atoms. The Morgan fingerprint density at radius 2 is 2.00 bits per heavy atom. The second-order valence-corrected chi connectivity index (χ2v) is 4.26. The maximum absolute atomic E-state index is 12.8. The molecule has 0 unspecified atom stereocenters. The van der Waals surface area contributed by atoms with E-state index in [0.29, 0.717) is 18.3 Å². The second-order valence-electron chi connectivity index (χ2n) is 4.26. The predicted octanol–water partition coefficient (Wildman–Crippen LogP) is 3.28. The zero-order chi connectivity index (χ0) is 10.8. The van der Waals surface area contributed by atoms with Crippen molar-refractivity contribution in [3.8, 4) is 0 Å². The van der Waals surface area contributed by atoms with E-state index in [4.69, 9.17) is 4.74 Å². The van der Waals surface area contributed by atoms with Crippen LogP contribution >= 0.6 is 0 Å². The number of ether oxygens (including phenoxy) is 1. The first-order valence-electron chi connectivity index (χ1n) is 5.20. The van der Waals surface area contributed by atoms with Crippen molar-refractivity contribution < 1.29 is 13.5 Å². The minimum Gasteiger partial charge on any atom is -0.374 e. The lowest BCUT2D eigenvalue weighted by atomic mass is 9.84. The Hall–Kier alpha value is -0.960. The summed E-state index contributed by atoms with van der Waals surface area (Å²) in [6.07, 6.45) is 2.45. The van der Waals surface area contributed by atoms with Gasteiger partial charge in [-0.25, -0.2) is 8.78 Å². The van der Waals surface area contributed by atoms with E-state index in [1.54, 1.807) is 6.07 Å². The predicted molar refractivity (Wildman–Crippen MR) is 53.3 cm³/mol. The third-order valence-corrected chi connectivity index (χ3v) is 2.80. The van der Waals surface area contributed by atoms with Crippen LogP contribution in [0.5, 0.6) is 0 Å². The van der Waals surface area contributed by atoms with Gasteiger partial charge in [0, 0.05) is 0 Å². The van der Waals surface area contributed by atoms with Crippen molar-refractivity contribution >= 4 is 0 Å². The van der Waals surface area contributed by atoms with Crippen LogP contribution in [0.4, 0.5) is 8.78 Å². The standard InChI is InChI=1S/C12H14F2O/c1-8-4-10(5-8)15-7-9-2-3-11(13)12(14)6-9/h2-3,6,8,10H,4-5,7H2,1H3. The van der Waals surface area contributed by atoms with Crippen molar-refractivity contribution in [1.29, 1.82) is 0 Å². The zero-order valence-corrected chi connectivity index (χ0v) is 8.67. The Labute approximate surface area is 88.1 Å². The summed E-state index contributed by atoms with van der Waals surface area (Å²) in [6, 6.07) is 3.88. The van der Waals surface area contributed by atoms with Crippen molar-refractivity contribution in [3.05, 3.63) is 35.4 Å². The highest BCUT2D eigenvalue weighted by Gasteiger charge is 2.25. The Morgan fingerprint density at radius 3 is 2.60 bits per heavy atom. The number of hydrogen-bond acceptors (Lipinski definition) is 1. The first-order chi connectivity index (χ1) is 7.15. The van der Waals surface area contributed by atoms with Crippen LogP contribution in [0, 0.1) is 17.6 Å². The molecule has 0 aromatic heterocycles. The Bertz CT molecular complexity index is 345. The molecule has 1 aliphatic carbocycles. The monoisotopic (exact) mass is 212 g/mol. The van der Waals surface area contributed by atoms with E-state index in [9.17, 15) is 8.78 Å². The first-order valence-corrected chi connectivity index (χ1v) is 5.20. The summed E-state index contributed by atoms with van der Waals surface area (Å²) < 4.78 is 31.0. The van der Waals surface area contributed by atoms with Crippen molar-refractivity contribution in [2.45, 2.75) is 32.5 Å². The van der Waals surface area contributed by atoms with E-state index in [-0.39, 0.29) is 0 Å². The van der Waals surface area contributed by atoms with Crippen molar-refractivity contribution in [2.75, 3.05) is 0 Å². The molecule has 0 heterocycles. The molecular weight excluding hydrogens is 198 g/mol. The molecule has 0 bridgehead atoms. The van der Waals surface area contributed by atoms with Crippen LogP contribution in [0.15, 0.2) is 18.2 Å². The van der Waals surface area contributed by atoms with Gasteiger partial charge < -0.3 is 4.74 Å². The molecule has 1 nitrogen and oxygen atoms in total. The van der Waals surface area contributed by atoms with E-state index in [1.165, 1.54) is 6.07 Å². The lowest BCUT2D eigenvalue weighted by Crippen LogP contribution is -2.29. The maximum Gasteiger partial charge on any atom is 0.159 e. The summed E-state index contributed by atoms with van der Waals surface area (Å²) in [5, 5.41) is 0. The van der Waals surface area contributed by atoms with Gasteiger partial charge in [0.15, 0.2) is 11.6 Å². The number of benzene rings is 1. The Kier molecular flexibility index (Phi) is 3.00. The lowest BCUT2D eigenvalue weighted by molar-refractivity contribution is -0.0353. The van der Waals surface area contributed by atoms with Crippen molar-refractivity contribution in [2.24, 2.45) is 5.92 Å². The van der Waals surface area contributed by atoms with E-state index in [2.05, 4.69) is 6.92 Å². The molecule has 0 saturated heterocycles. The summed E-state index contributed by atoms with van der Waals surface area (Å²) in [5.74, 6) is -0.881. The van der Waals surface area contributed by atoms with Gasteiger partial charge in [-0.05, 0) is 36.5 Å². The molecule has 0 aliphatic heterocycles. The third kappa shape index (κ3) is 2.53. The average molecular weight is 212 g/mol. The van der Waals surface area contributed by atoms with Gasteiger partial charge in [0.05, 0.1) is 12.7 Å². The highest BCUT2D eigenvalue weighted by molar-refractivity contribution is 5.16. The van der Waals surface area contributed by atoms with E-state index in [0.717, 1.165) is 24.8 Å². The normalized spacial score (nSPS) is 25.0. The molecule has 0 atom stereocenters. The highest BCUT2D eigenvalue weighted by atomic mass is 19.2. The summed E-state index contributed by atoms with van der Waals surface area (Å²) in [5.41, 5.74) is 0.688. The van der Waals surface area contributed by atoms with Gasteiger partial charge in [0.1, 0.15) is 0 Å². The lowest BCUT2D eigenvalue weighted by Gasteiger charge is -2.32. The minimum absolute atomic E-state index is 0.299. The van der Waals surface area contributed by atoms with E-state index in [1.807, 2.05) is 0 Å². The van der Waals surface area contributed by atoms with Crippen molar-refractivity contribution in [3.63, 3.8) is 0 Å². The molecule has 1 fully saturated rings. The minimum atomic E-state index is -0.809. The zero-order valence-electron chi connectivity index (χ0n) is 8.67. The summed E-state index contributed by atoms with van der Waals surface area (Å²) in [6.45, 7) is 2.55. The molecule has 0 amide bonds. The summed E-state index contributed by atoms with van der Waals surface area (Å²) in [7, 11) is 0. The van der Waals surface area contributed by atoms with Crippen LogP contribution < -0.4 is 0 Å². The van der Waals surface area contributed by atoms with Gasteiger partial charge in [0.2, 0.25) is 0 Å². The molecule has 82 valence electrons.